The minimum absolute atomic E-state index is 0.418. The molecule has 1 aliphatic rings. The minimum Gasteiger partial charge on any atom is -0.371 e. The predicted molar refractivity (Wildman–Crippen MR) is 95.1 cm³/mol. The lowest BCUT2D eigenvalue weighted by molar-refractivity contribution is 0.115. The summed E-state index contributed by atoms with van der Waals surface area (Å²) >= 11 is 0. The zero-order chi connectivity index (χ0) is 16.0. The normalized spacial score (nSPS) is 20.2. The van der Waals surface area contributed by atoms with E-state index in [4.69, 9.17) is 5.73 Å². The van der Waals surface area contributed by atoms with Crippen molar-refractivity contribution in [3.8, 4) is 0 Å². The summed E-state index contributed by atoms with van der Waals surface area (Å²) in [5.41, 5.74) is 7.92. The van der Waals surface area contributed by atoms with E-state index >= 15 is 0 Å². The highest BCUT2D eigenvalue weighted by atomic mass is 16.3. The molecule has 0 spiro atoms. The Kier molecular flexibility index (Phi) is 3.12. The SMILES string of the molecule is Cc1ccc2c(c1)=C(c1cccc3ccccc13)C(N)(O)CC=2. The van der Waals surface area contributed by atoms with E-state index in [0.29, 0.717) is 6.42 Å². The van der Waals surface area contributed by atoms with Gasteiger partial charge < -0.3 is 5.11 Å². The monoisotopic (exact) mass is 301 g/mol. The number of hydrogen-bond donors (Lipinski definition) is 2. The summed E-state index contributed by atoms with van der Waals surface area (Å²) in [6.07, 6.45) is 2.44. The van der Waals surface area contributed by atoms with E-state index in [-0.39, 0.29) is 0 Å². The van der Waals surface area contributed by atoms with Gasteiger partial charge in [0.05, 0.1) is 0 Å². The molecule has 1 atom stereocenters. The first kappa shape index (κ1) is 14.2. The van der Waals surface area contributed by atoms with E-state index in [1.54, 1.807) is 0 Å². The topological polar surface area (TPSA) is 46.2 Å². The lowest BCUT2D eigenvalue weighted by Gasteiger charge is -2.29. The van der Waals surface area contributed by atoms with Crippen LogP contribution < -0.4 is 16.2 Å². The summed E-state index contributed by atoms with van der Waals surface area (Å²) in [5, 5.41) is 15.3. The number of aryl methyl sites for hydroxylation is 1. The van der Waals surface area contributed by atoms with E-state index in [9.17, 15) is 5.11 Å². The molecule has 0 aromatic heterocycles. The number of benzene rings is 3. The maximum absolute atomic E-state index is 10.9. The maximum atomic E-state index is 10.9. The molecule has 1 unspecified atom stereocenters. The fourth-order valence-corrected chi connectivity index (χ4v) is 3.49. The van der Waals surface area contributed by atoms with Crippen LogP contribution in [0.15, 0.2) is 60.7 Å². The first-order valence-corrected chi connectivity index (χ1v) is 7.87. The minimum atomic E-state index is -1.36. The highest BCUT2D eigenvalue weighted by Crippen LogP contribution is 2.31. The highest BCUT2D eigenvalue weighted by molar-refractivity contribution is 5.95. The van der Waals surface area contributed by atoms with E-state index in [1.165, 1.54) is 0 Å². The van der Waals surface area contributed by atoms with Crippen molar-refractivity contribution in [2.75, 3.05) is 0 Å². The Morgan fingerprint density at radius 3 is 2.65 bits per heavy atom. The van der Waals surface area contributed by atoms with Crippen LogP contribution in [0.4, 0.5) is 0 Å². The molecule has 2 heteroatoms. The van der Waals surface area contributed by atoms with Crippen LogP contribution in [0.3, 0.4) is 0 Å². The van der Waals surface area contributed by atoms with E-state index in [2.05, 4.69) is 43.3 Å². The number of rotatable bonds is 1. The molecule has 114 valence electrons. The van der Waals surface area contributed by atoms with Crippen LogP contribution in [0.25, 0.3) is 22.4 Å². The summed E-state index contributed by atoms with van der Waals surface area (Å²) in [7, 11) is 0. The summed E-state index contributed by atoms with van der Waals surface area (Å²) < 4.78 is 0. The molecule has 4 rings (SSSR count). The van der Waals surface area contributed by atoms with Crippen molar-refractivity contribution in [1.29, 1.82) is 0 Å². The molecule has 1 aliphatic carbocycles. The Balaban J connectivity index is 2.20. The third-order valence-corrected chi connectivity index (χ3v) is 4.60. The van der Waals surface area contributed by atoms with Gasteiger partial charge in [-0.1, -0.05) is 72.3 Å². The predicted octanol–water partition coefficient (Wildman–Crippen LogP) is 2.18. The van der Waals surface area contributed by atoms with Crippen LogP contribution in [0.1, 0.15) is 17.5 Å². The van der Waals surface area contributed by atoms with Gasteiger partial charge in [0.15, 0.2) is 0 Å². The van der Waals surface area contributed by atoms with Crippen LogP contribution in [0.2, 0.25) is 0 Å². The van der Waals surface area contributed by atoms with Crippen molar-refractivity contribution in [2.24, 2.45) is 5.73 Å². The van der Waals surface area contributed by atoms with Crippen molar-refractivity contribution in [1.82, 2.24) is 0 Å². The Morgan fingerprint density at radius 1 is 1.00 bits per heavy atom. The fourth-order valence-electron chi connectivity index (χ4n) is 3.49. The van der Waals surface area contributed by atoms with Crippen LogP contribution in [0, 0.1) is 6.92 Å². The Labute approximate surface area is 135 Å². The van der Waals surface area contributed by atoms with Crippen molar-refractivity contribution >= 4 is 22.4 Å². The molecule has 2 nitrogen and oxygen atoms in total. The molecular formula is C21H19NO. The van der Waals surface area contributed by atoms with Gasteiger partial charge in [-0.05, 0) is 33.7 Å². The molecule has 0 bridgehead atoms. The van der Waals surface area contributed by atoms with Crippen LogP contribution >= 0.6 is 0 Å². The molecule has 3 aromatic carbocycles. The average Bonchev–Trinajstić information content (AvgIpc) is 2.54. The molecule has 23 heavy (non-hydrogen) atoms. The Bertz CT molecular complexity index is 1030. The lowest BCUT2D eigenvalue weighted by atomic mass is 9.84. The second kappa shape index (κ2) is 5.05. The maximum Gasteiger partial charge on any atom is 0.144 e. The van der Waals surface area contributed by atoms with Gasteiger partial charge in [0, 0.05) is 12.0 Å². The van der Waals surface area contributed by atoms with E-state index in [0.717, 1.165) is 37.9 Å². The number of hydrogen-bond acceptors (Lipinski definition) is 2. The smallest absolute Gasteiger partial charge is 0.144 e. The first-order valence-electron chi connectivity index (χ1n) is 7.87. The second-order valence-electron chi connectivity index (χ2n) is 6.32. The summed E-state index contributed by atoms with van der Waals surface area (Å²) in [4.78, 5) is 0. The largest absolute Gasteiger partial charge is 0.371 e. The third kappa shape index (κ3) is 2.27. The van der Waals surface area contributed by atoms with Gasteiger partial charge in [-0.2, -0.15) is 0 Å². The number of nitrogens with two attached hydrogens (primary N) is 1. The molecule has 0 amide bonds. The Hall–Kier alpha value is -2.42. The highest BCUT2D eigenvalue weighted by Gasteiger charge is 2.30. The molecule has 0 heterocycles. The van der Waals surface area contributed by atoms with Crippen molar-refractivity contribution < 1.29 is 5.11 Å². The number of fused-ring (bicyclic) bond motifs is 2. The van der Waals surface area contributed by atoms with Gasteiger partial charge in [0.25, 0.3) is 0 Å². The molecule has 3 aromatic rings. The van der Waals surface area contributed by atoms with Crippen LogP contribution in [-0.4, -0.2) is 10.8 Å². The van der Waals surface area contributed by atoms with Gasteiger partial charge in [-0.15, -0.1) is 0 Å². The first-order chi connectivity index (χ1) is 11.1. The summed E-state index contributed by atoms with van der Waals surface area (Å²) in [6.45, 7) is 2.06. The summed E-state index contributed by atoms with van der Waals surface area (Å²) in [6, 6.07) is 20.7. The van der Waals surface area contributed by atoms with Gasteiger partial charge in [0.1, 0.15) is 5.72 Å². The van der Waals surface area contributed by atoms with Crippen LogP contribution in [0.5, 0.6) is 0 Å². The van der Waals surface area contributed by atoms with Crippen molar-refractivity contribution in [3.05, 3.63) is 82.2 Å². The van der Waals surface area contributed by atoms with Gasteiger partial charge in [0.2, 0.25) is 0 Å². The van der Waals surface area contributed by atoms with Gasteiger partial charge in [-0.3, -0.25) is 5.73 Å². The molecule has 0 saturated heterocycles. The van der Waals surface area contributed by atoms with E-state index < -0.39 is 5.72 Å². The molecular weight excluding hydrogens is 282 g/mol. The zero-order valence-electron chi connectivity index (χ0n) is 13.1. The van der Waals surface area contributed by atoms with Gasteiger partial charge in [-0.25, -0.2) is 0 Å². The molecule has 0 aliphatic heterocycles. The van der Waals surface area contributed by atoms with Crippen molar-refractivity contribution in [2.45, 2.75) is 19.1 Å². The van der Waals surface area contributed by atoms with E-state index in [1.807, 2.05) is 30.3 Å². The molecule has 3 N–H and O–H groups in total. The second-order valence-corrected chi connectivity index (χ2v) is 6.32. The lowest BCUT2D eigenvalue weighted by Crippen LogP contribution is -2.49. The molecule has 0 saturated carbocycles. The number of aliphatic hydroxyl groups is 1. The Morgan fingerprint density at radius 2 is 1.78 bits per heavy atom. The van der Waals surface area contributed by atoms with Crippen LogP contribution in [-0.2, 0) is 0 Å². The molecule has 0 fully saturated rings. The standard InChI is InChI=1S/C21H19NO/c1-14-9-10-16-11-12-21(22,23)20(19(16)13-14)18-8-4-6-15-5-2-3-7-17(15)18/h2-11,13,23H,12,22H2,1H3. The average molecular weight is 301 g/mol. The summed E-state index contributed by atoms with van der Waals surface area (Å²) in [5.74, 6) is 0. The van der Waals surface area contributed by atoms with Gasteiger partial charge >= 0.3 is 0 Å². The van der Waals surface area contributed by atoms with Crippen molar-refractivity contribution in [3.63, 3.8) is 0 Å². The fraction of sp³-hybridized carbons (Fsp3) is 0.143. The molecule has 0 radical (unpaired) electrons. The zero-order valence-corrected chi connectivity index (χ0v) is 13.1. The third-order valence-electron chi connectivity index (χ3n) is 4.60. The quantitative estimate of drug-likeness (QED) is 0.677.